The minimum absolute atomic E-state index is 0.131. The van der Waals surface area contributed by atoms with Crippen LogP contribution in [0, 0.1) is 0 Å². The number of carbonyl (C=O) groups excluding carboxylic acids is 1. The lowest BCUT2D eigenvalue weighted by atomic mass is 9.99. The topological polar surface area (TPSA) is 41.5 Å². The number of hydrogen-bond acceptors (Lipinski definition) is 3. The fourth-order valence-corrected chi connectivity index (χ4v) is 5.22. The van der Waals surface area contributed by atoms with Crippen molar-refractivity contribution < 1.29 is 4.79 Å². The van der Waals surface area contributed by atoms with E-state index < -0.39 is 0 Å². The molecule has 0 unspecified atom stereocenters. The maximum Gasteiger partial charge on any atom is 0.251 e. The van der Waals surface area contributed by atoms with Crippen molar-refractivity contribution in [1.82, 2.24) is 5.32 Å². The maximum atomic E-state index is 12.9. The Kier molecular flexibility index (Phi) is 6.79. The number of amides is 1. The molecular formula is C29H23ClN2OS. The zero-order chi connectivity index (χ0) is 23.3. The van der Waals surface area contributed by atoms with Gasteiger partial charge in [-0.05, 0) is 48.4 Å². The second-order valence-electron chi connectivity index (χ2n) is 8.17. The average Bonchev–Trinajstić information content (AvgIpc) is 3.20. The van der Waals surface area contributed by atoms with E-state index in [4.69, 9.17) is 16.6 Å². The van der Waals surface area contributed by atoms with Crippen molar-refractivity contribution in [2.75, 3.05) is 0 Å². The first-order valence-electron chi connectivity index (χ1n) is 11.2. The molecule has 0 bridgehead atoms. The molecule has 34 heavy (non-hydrogen) atoms. The van der Waals surface area contributed by atoms with E-state index in [0.717, 1.165) is 40.3 Å². The predicted octanol–water partition coefficient (Wildman–Crippen LogP) is 7.69. The molecule has 0 saturated heterocycles. The Morgan fingerprint density at radius 3 is 2.79 bits per heavy atom. The van der Waals surface area contributed by atoms with Crippen molar-refractivity contribution in [3.05, 3.63) is 124 Å². The van der Waals surface area contributed by atoms with E-state index in [1.165, 1.54) is 10.5 Å². The second-order valence-corrected chi connectivity index (χ2v) is 9.69. The van der Waals surface area contributed by atoms with Gasteiger partial charge in [-0.3, -0.25) is 9.79 Å². The van der Waals surface area contributed by atoms with Crippen molar-refractivity contribution >= 4 is 40.7 Å². The van der Waals surface area contributed by atoms with Crippen LogP contribution in [-0.2, 0) is 6.54 Å². The van der Waals surface area contributed by atoms with Gasteiger partial charge in [0.05, 0.1) is 11.4 Å². The highest BCUT2D eigenvalue weighted by Gasteiger charge is 2.19. The first-order valence-corrected chi connectivity index (χ1v) is 12.4. The molecule has 3 aromatic rings. The van der Waals surface area contributed by atoms with Gasteiger partial charge in [-0.2, -0.15) is 0 Å². The SMILES string of the molecule is O=C(NCc1cccc(Cl)c1)c1ccc2c(c1)N=C(CC1=CC=CC=CC1)c1ccccc1S2. The number of nitrogens with zero attached hydrogens (tertiary/aromatic N) is 1. The molecule has 168 valence electrons. The molecular weight excluding hydrogens is 460 g/mol. The zero-order valence-corrected chi connectivity index (χ0v) is 20.1. The van der Waals surface area contributed by atoms with Crippen LogP contribution in [0.4, 0.5) is 5.69 Å². The van der Waals surface area contributed by atoms with Crippen LogP contribution < -0.4 is 5.32 Å². The van der Waals surface area contributed by atoms with E-state index >= 15 is 0 Å². The third kappa shape index (κ3) is 5.24. The summed E-state index contributed by atoms with van der Waals surface area (Å²) in [5.74, 6) is -0.131. The van der Waals surface area contributed by atoms with Crippen LogP contribution in [0.15, 0.2) is 117 Å². The highest BCUT2D eigenvalue weighted by molar-refractivity contribution is 7.99. The van der Waals surface area contributed by atoms with Crippen molar-refractivity contribution in [2.24, 2.45) is 4.99 Å². The van der Waals surface area contributed by atoms with E-state index in [9.17, 15) is 4.79 Å². The summed E-state index contributed by atoms with van der Waals surface area (Å²) >= 11 is 7.76. The van der Waals surface area contributed by atoms with Gasteiger partial charge in [-0.25, -0.2) is 0 Å². The molecule has 3 aromatic carbocycles. The predicted molar refractivity (Wildman–Crippen MR) is 141 cm³/mol. The van der Waals surface area contributed by atoms with Gasteiger partial charge in [0.1, 0.15) is 0 Å². The normalized spacial score (nSPS) is 14.3. The summed E-state index contributed by atoms with van der Waals surface area (Å²) in [5, 5.41) is 3.65. The maximum absolute atomic E-state index is 12.9. The molecule has 5 rings (SSSR count). The number of allylic oxidation sites excluding steroid dienone is 6. The van der Waals surface area contributed by atoms with Crippen molar-refractivity contribution in [2.45, 2.75) is 29.2 Å². The summed E-state index contributed by atoms with van der Waals surface area (Å²) in [7, 11) is 0. The van der Waals surface area contributed by atoms with E-state index in [1.807, 2.05) is 42.5 Å². The van der Waals surface area contributed by atoms with Crippen LogP contribution in [0.3, 0.4) is 0 Å². The van der Waals surface area contributed by atoms with Crippen molar-refractivity contribution in [1.29, 1.82) is 0 Å². The highest BCUT2D eigenvalue weighted by Crippen LogP contribution is 2.41. The number of aliphatic imine (C=N–C) groups is 1. The number of carbonyl (C=O) groups is 1. The molecule has 2 aliphatic rings. The molecule has 0 aromatic heterocycles. The van der Waals surface area contributed by atoms with Crippen LogP contribution in [0.1, 0.15) is 34.3 Å². The lowest BCUT2D eigenvalue weighted by molar-refractivity contribution is 0.0951. The number of nitrogens with one attached hydrogen (secondary N) is 1. The zero-order valence-electron chi connectivity index (χ0n) is 18.5. The monoisotopic (exact) mass is 482 g/mol. The van der Waals surface area contributed by atoms with Crippen LogP contribution in [-0.4, -0.2) is 11.6 Å². The molecule has 3 nitrogen and oxygen atoms in total. The number of rotatable bonds is 5. The average molecular weight is 483 g/mol. The Bertz CT molecular complexity index is 1370. The molecule has 1 aliphatic carbocycles. The third-order valence-electron chi connectivity index (χ3n) is 5.70. The van der Waals surface area contributed by atoms with E-state index in [-0.39, 0.29) is 5.91 Å². The second kappa shape index (κ2) is 10.3. The minimum Gasteiger partial charge on any atom is -0.348 e. The van der Waals surface area contributed by atoms with Gasteiger partial charge in [-0.1, -0.05) is 89.6 Å². The van der Waals surface area contributed by atoms with Gasteiger partial charge >= 0.3 is 0 Å². The Hall–Kier alpha value is -3.34. The minimum atomic E-state index is -0.131. The summed E-state index contributed by atoms with van der Waals surface area (Å²) in [6.45, 7) is 0.417. The Labute approximate surface area is 209 Å². The quantitative estimate of drug-likeness (QED) is 0.405. The molecule has 0 saturated carbocycles. The molecule has 1 aliphatic heterocycles. The molecule has 1 N–H and O–H groups in total. The molecule has 0 spiro atoms. The van der Waals surface area contributed by atoms with E-state index in [1.54, 1.807) is 11.8 Å². The Balaban J connectivity index is 1.44. The van der Waals surface area contributed by atoms with E-state index in [2.05, 4.69) is 60.0 Å². The van der Waals surface area contributed by atoms with Gasteiger partial charge < -0.3 is 5.32 Å². The molecule has 1 amide bonds. The van der Waals surface area contributed by atoms with Crippen LogP contribution in [0.5, 0.6) is 0 Å². The summed E-state index contributed by atoms with van der Waals surface area (Å²) in [6.07, 6.45) is 12.2. The first-order chi connectivity index (χ1) is 16.7. The summed E-state index contributed by atoms with van der Waals surface area (Å²) in [4.78, 5) is 20.2. The molecule has 0 radical (unpaired) electrons. The lowest BCUT2D eigenvalue weighted by Gasteiger charge is -2.10. The molecule has 5 heteroatoms. The number of hydrogen-bond donors (Lipinski definition) is 1. The smallest absolute Gasteiger partial charge is 0.251 e. The fourth-order valence-electron chi connectivity index (χ4n) is 3.98. The molecule has 0 fully saturated rings. The lowest BCUT2D eigenvalue weighted by Crippen LogP contribution is -2.22. The van der Waals surface area contributed by atoms with Crippen molar-refractivity contribution in [3.63, 3.8) is 0 Å². The number of halogens is 1. The number of benzene rings is 3. The van der Waals surface area contributed by atoms with Gasteiger partial charge in [0, 0.05) is 38.9 Å². The summed E-state index contributed by atoms with van der Waals surface area (Å²) in [5.41, 5.74) is 5.85. The fraction of sp³-hybridized carbons (Fsp3) is 0.103. The van der Waals surface area contributed by atoms with Gasteiger partial charge in [0.25, 0.3) is 5.91 Å². The number of fused-ring (bicyclic) bond motifs is 2. The van der Waals surface area contributed by atoms with Crippen LogP contribution >= 0.6 is 23.4 Å². The first kappa shape index (κ1) is 22.5. The van der Waals surface area contributed by atoms with Crippen molar-refractivity contribution in [3.8, 4) is 0 Å². The van der Waals surface area contributed by atoms with Gasteiger partial charge in [0.2, 0.25) is 0 Å². The summed E-state index contributed by atoms with van der Waals surface area (Å²) in [6, 6.07) is 21.6. The third-order valence-corrected chi connectivity index (χ3v) is 7.08. The summed E-state index contributed by atoms with van der Waals surface area (Å²) < 4.78 is 0. The highest BCUT2D eigenvalue weighted by atomic mass is 35.5. The van der Waals surface area contributed by atoms with Gasteiger partial charge in [-0.15, -0.1) is 0 Å². The molecule has 1 heterocycles. The van der Waals surface area contributed by atoms with Gasteiger partial charge in [0.15, 0.2) is 0 Å². The molecule has 0 atom stereocenters. The van der Waals surface area contributed by atoms with Crippen LogP contribution in [0.2, 0.25) is 5.02 Å². The standard InChI is InChI=1S/C29H23ClN2OS/c30-23-11-7-10-21(16-23)19-31-29(33)22-14-15-28-26(18-22)32-25(17-20-8-3-1-2-4-9-20)24-12-5-6-13-27(24)34-28/h1-8,10-16,18H,9,17,19H2,(H,31,33). The Morgan fingerprint density at radius 2 is 1.88 bits per heavy atom. The van der Waals surface area contributed by atoms with E-state index in [0.29, 0.717) is 17.1 Å². The Morgan fingerprint density at radius 1 is 0.971 bits per heavy atom. The van der Waals surface area contributed by atoms with Crippen LogP contribution in [0.25, 0.3) is 0 Å². The largest absolute Gasteiger partial charge is 0.348 e.